The van der Waals surface area contributed by atoms with Crippen molar-refractivity contribution in [2.24, 2.45) is 0 Å². The molecule has 1 aromatic heterocycles. The van der Waals surface area contributed by atoms with Crippen molar-refractivity contribution >= 4 is 22.8 Å². The highest BCUT2D eigenvalue weighted by molar-refractivity contribution is 6.01. The van der Waals surface area contributed by atoms with Gasteiger partial charge in [-0.15, -0.1) is 0 Å². The van der Waals surface area contributed by atoms with Crippen LogP contribution >= 0.6 is 0 Å². The SMILES string of the molecule is COc1cccc2c(C)c(C(=O)NCC(=O)NC(C)(C)C)oc12. The van der Waals surface area contributed by atoms with Crippen LogP contribution in [0.5, 0.6) is 5.75 Å². The van der Waals surface area contributed by atoms with Gasteiger partial charge >= 0.3 is 0 Å². The molecular formula is C17H22N2O4. The molecule has 0 atom stereocenters. The summed E-state index contributed by atoms with van der Waals surface area (Å²) in [6, 6.07) is 5.46. The molecule has 0 aliphatic carbocycles. The Morgan fingerprint density at radius 2 is 1.96 bits per heavy atom. The first-order chi connectivity index (χ1) is 10.7. The van der Waals surface area contributed by atoms with Crippen molar-refractivity contribution in [1.82, 2.24) is 10.6 Å². The van der Waals surface area contributed by atoms with E-state index in [4.69, 9.17) is 9.15 Å². The Morgan fingerprint density at radius 3 is 2.57 bits per heavy atom. The minimum atomic E-state index is -0.426. The second-order valence-electron chi connectivity index (χ2n) is 6.37. The van der Waals surface area contributed by atoms with E-state index in [-0.39, 0.29) is 23.8 Å². The van der Waals surface area contributed by atoms with E-state index in [0.29, 0.717) is 16.9 Å². The molecule has 0 saturated heterocycles. The van der Waals surface area contributed by atoms with Gasteiger partial charge in [-0.25, -0.2) is 0 Å². The standard InChI is InChI=1S/C17H22N2O4/c1-10-11-7-6-8-12(22-5)15(11)23-14(10)16(21)18-9-13(20)19-17(2,3)4/h6-8H,9H2,1-5H3,(H,18,21)(H,19,20). The summed E-state index contributed by atoms with van der Waals surface area (Å²) in [4.78, 5) is 24.1. The number of ether oxygens (including phenoxy) is 1. The number of aryl methyl sites for hydroxylation is 1. The van der Waals surface area contributed by atoms with E-state index >= 15 is 0 Å². The third-order valence-electron chi connectivity index (χ3n) is 3.28. The maximum atomic E-state index is 12.3. The first-order valence-electron chi connectivity index (χ1n) is 7.38. The van der Waals surface area contributed by atoms with Gasteiger partial charge in [0.1, 0.15) is 0 Å². The second-order valence-corrected chi connectivity index (χ2v) is 6.37. The minimum Gasteiger partial charge on any atom is -0.493 e. The van der Waals surface area contributed by atoms with Gasteiger partial charge in [0.25, 0.3) is 5.91 Å². The zero-order valence-electron chi connectivity index (χ0n) is 14.1. The number of amides is 2. The van der Waals surface area contributed by atoms with E-state index in [1.165, 1.54) is 0 Å². The lowest BCUT2D eigenvalue weighted by atomic mass is 10.1. The highest BCUT2D eigenvalue weighted by Crippen LogP contribution is 2.32. The topological polar surface area (TPSA) is 80.6 Å². The molecule has 6 heteroatoms. The van der Waals surface area contributed by atoms with Crippen LogP contribution in [0, 0.1) is 6.92 Å². The normalized spacial score (nSPS) is 11.3. The predicted molar refractivity (Wildman–Crippen MR) is 87.7 cm³/mol. The van der Waals surface area contributed by atoms with E-state index < -0.39 is 5.91 Å². The van der Waals surface area contributed by atoms with Crippen LogP contribution < -0.4 is 15.4 Å². The van der Waals surface area contributed by atoms with Gasteiger partial charge in [-0.2, -0.15) is 0 Å². The molecule has 0 saturated carbocycles. The van der Waals surface area contributed by atoms with Crippen molar-refractivity contribution in [2.45, 2.75) is 33.2 Å². The zero-order valence-corrected chi connectivity index (χ0v) is 14.1. The Hall–Kier alpha value is -2.50. The first kappa shape index (κ1) is 16.9. The Balaban J connectivity index is 2.16. The number of rotatable bonds is 4. The van der Waals surface area contributed by atoms with Gasteiger partial charge in [0, 0.05) is 16.5 Å². The zero-order chi connectivity index (χ0) is 17.2. The number of benzene rings is 1. The van der Waals surface area contributed by atoms with Crippen LogP contribution in [0.15, 0.2) is 22.6 Å². The smallest absolute Gasteiger partial charge is 0.287 e. The number of furan rings is 1. The third-order valence-corrected chi connectivity index (χ3v) is 3.28. The molecule has 0 bridgehead atoms. The molecule has 1 heterocycles. The largest absolute Gasteiger partial charge is 0.493 e. The number of methoxy groups -OCH3 is 1. The summed E-state index contributed by atoms with van der Waals surface area (Å²) in [6.07, 6.45) is 0. The molecule has 0 aliphatic heterocycles. The van der Waals surface area contributed by atoms with Crippen LogP contribution in [0.3, 0.4) is 0 Å². The molecule has 2 amide bonds. The van der Waals surface area contributed by atoms with Crippen LogP contribution in [0.1, 0.15) is 36.9 Å². The molecule has 0 unspecified atom stereocenters. The maximum Gasteiger partial charge on any atom is 0.287 e. The van der Waals surface area contributed by atoms with Crippen LogP contribution in [0.4, 0.5) is 0 Å². The molecular weight excluding hydrogens is 296 g/mol. The molecule has 2 aromatic rings. The second kappa shape index (κ2) is 6.32. The Labute approximate surface area is 135 Å². The number of fused-ring (bicyclic) bond motifs is 1. The van der Waals surface area contributed by atoms with E-state index in [1.807, 2.05) is 32.9 Å². The van der Waals surface area contributed by atoms with Gasteiger partial charge in [0.05, 0.1) is 13.7 Å². The number of nitrogens with one attached hydrogen (secondary N) is 2. The number of para-hydroxylation sites is 1. The van der Waals surface area contributed by atoms with Crippen LogP contribution in [-0.4, -0.2) is 31.0 Å². The van der Waals surface area contributed by atoms with E-state index in [9.17, 15) is 9.59 Å². The molecule has 124 valence electrons. The Bertz CT molecular complexity index is 741. The Morgan fingerprint density at radius 1 is 1.26 bits per heavy atom. The molecule has 1 aromatic carbocycles. The van der Waals surface area contributed by atoms with Gasteiger partial charge in [-0.3, -0.25) is 9.59 Å². The Kier molecular flexibility index (Phi) is 4.63. The average molecular weight is 318 g/mol. The van der Waals surface area contributed by atoms with Crippen LogP contribution in [0.2, 0.25) is 0 Å². The lowest BCUT2D eigenvalue weighted by Crippen LogP contribution is -2.45. The fourth-order valence-electron chi connectivity index (χ4n) is 2.30. The molecule has 2 N–H and O–H groups in total. The van der Waals surface area contributed by atoms with Crippen molar-refractivity contribution in [1.29, 1.82) is 0 Å². The molecule has 0 spiro atoms. The highest BCUT2D eigenvalue weighted by atomic mass is 16.5. The highest BCUT2D eigenvalue weighted by Gasteiger charge is 2.21. The predicted octanol–water partition coefficient (Wildman–Crippen LogP) is 2.39. The number of hydrogen-bond acceptors (Lipinski definition) is 4. The van der Waals surface area contributed by atoms with Gasteiger partial charge < -0.3 is 19.8 Å². The van der Waals surface area contributed by atoms with Gasteiger partial charge in [0.15, 0.2) is 17.1 Å². The van der Waals surface area contributed by atoms with E-state index in [2.05, 4.69) is 10.6 Å². The van der Waals surface area contributed by atoms with Crippen molar-refractivity contribution < 1.29 is 18.7 Å². The van der Waals surface area contributed by atoms with Gasteiger partial charge in [-0.05, 0) is 33.8 Å². The summed E-state index contributed by atoms with van der Waals surface area (Å²) in [5, 5.41) is 6.17. The summed E-state index contributed by atoms with van der Waals surface area (Å²) < 4.78 is 10.9. The summed E-state index contributed by atoms with van der Waals surface area (Å²) in [6.45, 7) is 7.33. The van der Waals surface area contributed by atoms with Crippen LogP contribution in [-0.2, 0) is 4.79 Å². The fourth-order valence-corrected chi connectivity index (χ4v) is 2.30. The van der Waals surface area contributed by atoms with E-state index in [1.54, 1.807) is 20.1 Å². The van der Waals surface area contributed by atoms with Crippen LogP contribution in [0.25, 0.3) is 11.0 Å². The number of hydrogen-bond donors (Lipinski definition) is 2. The molecule has 2 rings (SSSR count). The van der Waals surface area contributed by atoms with E-state index in [0.717, 1.165) is 5.39 Å². The first-order valence-corrected chi connectivity index (χ1v) is 7.38. The average Bonchev–Trinajstić information content (AvgIpc) is 2.80. The number of carbonyl (C=O) groups is 2. The molecule has 23 heavy (non-hydrogen) atoms. The minimum absolute atomic E-state index is 0.107. The lowest BCUT2D eigenvalue weighted by Gasteiger charge is -2.20. The van der Waals surface area contributed by atoms with Crippen molar-refractivity contribution in [3.8, 4) is 5.75 Å². The van der Waals surface area contributed by atoms with Crippen molar-refractivity contribution in [3.05, 3.63) is 29.5 Å². The molecule has 0 aliphatic rings. The third kappa shape index (κ3) is 3.83. The monoisotopic (exact) mass is 318 g/mol. The van der Waals surface area contributed by atoms with Gasteiger partial charge in [-0.1, -0.05) is 12.1 Å². The maximum absolute atomic E-state index is 12.3. The lowest BCUT2D eigenvalue weighted by molar-refractivity contribution is -0.121. The van der Waals surface area contributed by atoms with Gasteiger partial charge in [0.2, 0.25) is 5.91 Å². The van der Waals surface area contributed by atoms with Crippen molar-refractivity contribution in [2.75, 3.05) is 13.7 Å². The quantitative estimate of drug-likeness (QED) is 0.907. The summed E-state index contributed by atoms with van der Waals surface area (Å²) in [5.74, 6) is 0.0743. The molecule has 0 radical (unpaired) electrons. The molecule has 6 nitrogen and oxygen atoms in total. The summed E-state index contributed by atoms with van der Waals surface area (Å²) in [5.41, 5.74) is 0.897. The summed E-state index contributed by atoms with van der Waals surface area (Å²) >= 11 is 0. The fraction of sp³-hybridized carbons (Fsp3) is 0.412. The van der Waals surface area contributed by atoms with Crippen molar-refractivity contribution in [3.63, 3.8) is 0 Å². The molecule has 0 fully saturated rings. The number of carbonyl (C=O) groups excluding carboxylic acids is 2. The summed E-state index contributed by atoms with van der Waals surface area (Å²) in [7, 11) is 1.54.